The highest BCUT2D eigenvalue weighted by molar-refractivity contribution is 5.89. The zero-order chi connectivity index (χ0) is 13.6. The minimum absolute atomic E-state index is 0. The fraction of sp³-hybridized carbons (Fsp3) is 0.231. The van der Waals surface area contributed by atoms with E-state index in [1.54, 1.807) is 0 Å². The molecule has 1 aliphatic rings. The zero-order valence-electron chi connectivity index (χ0n) is 11.2. The molecule has 1 aromatic carbocycles. The summed E-state index contributed by atoms with van der Waals surface area (Å²) in [6.07, 6.45) is 0. The Morgan fingerprint density at radius 2 is 1.90 bits per heavy atom. The summed E-state index contributed by atoms with van der Waals surface area (Å²) in [5, 5.41) is 3.10. The summed E-state index contributed by atoms with van der Waals surface area (Å²) >= 11 is 0. The molecular formula is C13H16N4O3. The van der Waals surface area contributed by atoms with Crippen molar-refractivity contribution < 1.29 is 5.48 Å². The largest absolute Gasteiger partial charge is 0.412 e. The van der Waals surface area contributed by atoms with Crippen LogP contribution in [0.15, 0.2) is 33.9 Å². The molecule has 106 valence electrons. The Labute approximate surface area is 114 Å². The standard InChI is InChI=1S/C13H14N4O2.H2O/c1-3-17-9-7-5-4-6-8(9)14-11-10(17)12(18)16(2)13(19)15-11;/h4-7,14H,3H2,1-2H3,(H,15,19);1H2. The Morgan fingerprint density at radius 3 is 2.60 bits per heavy atom. The maximum absolute atomic E-state index is 12.3. The Hall–Kier alpha value is -2.54. The average molecular weight is 276 g/mol. The topological polar surface area (TPSA) is 102 Å². The summed E-state index contributed by atoms with van der Waals surface area (Å²) in [5.41, 5.74) is 1.56. The van der Waals surface area contributed by atoms with Gasteiger partial charge in [-0.1, -0.05) is 12.1 Å². The van der Waals surface area contributed by atoms with Crippen LogP contribution in [0.1, 0.15) is 6.92 Å². The Bertz CT molecular complexity index is 763. The number of fused-ring (bicyclic) bond motifs is 2. The first kappa shape index (κ1) is 13.9. The number of nitrogens with zero attached hydrogens (tertiary/aromatic N) is 2. The van der Waals surface area contributed by atoms with Crippen LogP contribution in [-0.4, -0.2) is 21.6 Å². The lowest BCUT2D eigenvalue weighted by atomic mass is 10.2. The molecule has 1 aromatic heterocycles. The van der Waals surface area contributed by atoms with E-state index in [1.807, 2.05) is 36.1 Å². The predicted molar refractivity (Wildman–Crippen MR) is 78.3 cm³/mol. The summed E-state index contributed by atoms with van der Waals surface area (Å²) < 4.78 is 1.08. The number of hydrogen-bond acceptors (Lipinski definition) is 4. The van der Waals surface area contributed by atoms with E-state index >= 15 is 0 Å². The molecule has 0 atom stereocenters. The number of benzene rings is 1. The molecule has 0 amide bonds. The second-order valence-corrected chi connectivity index (χ2v) is 4.40. The van der Waals surface area contributed by atoms with E-state index in [1.165, 1.54) is 7.05 Å². The van der Waals surface area contributed by atoms with Gasteiger partial charge in [0.1, 0.15) is 11.5 Å². The molecule has 2 heterocycles. The number of nitrogens with one attached hydrogen (secondary N) is 2. The molecule has 0 saturated carbocycles. The van der Waals surface area contributed by atoms with E-state index in [4.69, 9.17) is 0 Å². The number of H-pyrrole nitrogens is 1. The van der Waals surface area contributed by atoms with Crippen LogP contribution in [-0.2, 0) is 7.05 Å². The second-order valence-electron chi connectivity index (χ2n) is 4.40. The molecule has 0 radical (unpaired) electrons. The normalized spacial score (nSPS) is 12.0. The van der Waals surface area contributed by atoms with Gasteiger partial charge < -0.3 is 15.7 Å². The van der Waals surface area contributed by atoms with Crippen LogP contribution in [0.2, 0.25) is 0 Å². The van der Waals surface area contributed by atoms with Crippen molar-refractivity contribution in [3.05, 3.63) is 45.1 Å². The van der Waals surface area contributed by atoms with Crippen molar-refractivity contribution in [2.24, 2.45) is 7.05 Å². The van der Waals surface area contributed by atoms with Gasteiger partial charge in [0.05, 0.1) is 11.4 Å². The van der Waals surface area contributed by atoms with Crippen LogP contribution in [0, 0.1) is 0 Å². The predicted octanol–water partition coefficient (Wildman–Crippen LogP) is 0.464. The molecular weight excluding hydrogens is 260 g/mol. The van der Waals surface area contributed by atoms with E-state index in [-0.39, 0.29) is 11.0 Å². The number of anilines is 4. The van der Waals surface area contributed by atoms with Crippen LogP contribution in [0.5, 0.6) is 0 Å². The highest BCUT2D eigenvalue weighted by atomic mass is 16.2. The van der Waals surface area contributed by atoms with Gasteiger partial charge in [0.2, 0.25) is 0 Å². The van der Waals surface area contributed by atoms with Gasteiger partial charge in [-0.05, 0) is 19.1 Å². The molecule has 1 aliphatic heterocycles. The number of para-hydroxylation sites is 2. The third-order valence-electron chi connectivity index (χ3n) is 3.32. The number of aromatic nitrogens is 2. The molecule has 0 unspecified atom stereocenters. The van der Waals surface area contributed by atoms with Crippen molar-refractivity contribution in [3.63, 3.8) is 0 Å². The fourth-order valence-electron chi connectivity index (χ4n) is 2.35. The van der Waals surface area contributed by atoms with Gasteiger partial charge in [-0.25, -0.2) is 4.79 Å². The summed E-state index contributed by atoms with van der Waals surface area (Å²) in [5.74, 6) is 0.452. The Balaban J connectivity index is 0.00000147. The van der Waals surface area contributed by atoms with Crippen LogP contribution < -0.4 is 21.5 Å². The monoisotopic (exact) mass is 276 g/mol. The average Bonchev–Trinajstić information content (AvgIpc) is 2.42. The number of aromatic amines is 1. The molecule has 0 saturated heterocycles. The third kappa shape index (κ3) is 1.79. The van der Waals surface area contributed by atoms with Crippen molar-refractivity contribution in [2.45, 2.75) is 6.92 Å². The Morgan fingerprint density at radius 1 is 1.20 bits per heavy atom. The maximum atomic E-state index is 12.3. The van der Waals surface area contributed by atoms with Gasteiger partial charge in [0.25, 0.3) is 5.56 Å². The highest BCUT2D eigenvalue weighted by Gasteiger charge is 2.25. The van der Waals surface area contributed by atoms with Gasteiger partial charge in [-0.3, -0.25) is 14.3 Å². The van der Waals surface area contributed by atoms with E-state index in [2.05, 4.69) is 10.3 Å². The van der Waals surface area contributed by atoms with Crippen LogP contribution >= 0.6 is 0 Å². The number of rotatable bonds is 1. The lowest BCUT2D eigenvalue weighted by Gasteiger charge is -2.31. The summed E-state index contributed by atoms with van der Waals surface area (Å²) in [7, 11) is 1.47. The first-order valence-electron chi connectivity index (χ1n) is 6.10. The van der Waals surface area contributed by atoms with Gasteiger partial charge in [0.15, 0.2) is 0 Å². The van der Waals surface area contributed by atoms with E-state index in [0.29, 0.717) is 18.1 Å². The lowest BCUT2D eigenvalue weighted by molar-refractivity contribution is 0.769. The molecule has 7 nitrogen and oxygen atoms in total. The van der Waals surface area contributed by atoms with Gasteiger partial charge in [-0.15, -0.1) is 0 Å². The molecule has 0 aliphatic carbocycles. The highest BCUT2D eigenvalue weighted by Crippen LogP contribution is 2.39. The summed E-state index contributed by atoms with van der Waals surface area (Å²) in [6.45, 7) is 2.61. The number of hydrogen-bond donors (Lipinski definition) is 2. The summed E-state index contributed by atoms with van der Waals surface area (Å²) in [6, 6.07) is 7.68. The second kappa shape index (κ2) is 4.86. The van der Waals surface area contributed by atoms with Crippen molar-refractivity contribution in [3.8, 4) is 0 Å². The first-order valence-corrected chi connectivity index (χ1v) is 6.10. The zero-order valence-corrected chi connectivity index (χ0v) is 11.2. The SMILES string of the molecule is CCN1c2ccccc2Nc2[nH]c(=O)n(C)c(=O)c21.O. The van der Waals surface area contributed by atoms with Crippen LogP contribution in [0.25, 0.3) is 0 Å². The first-order chi connectivity index (χ1) is 9.13. The van der Waals surface area contributed by atoms with Crippen molar-refractivity contribution in [1.29, 1.82) is 0 Å². The molecule has 0 bridgehead atoms. The molecule has 3 rings (SSSR count). The van der Waals surface area contributed by atoms with E-state index in [0.717, 1.165) is 15.9 Å². The van der Waals surface area contributed by atoms with Crippen LogP contribution in [0.4, 0.5) is 22.9 Å². The fourth-order valence-corrected chi connectivity index (χ4v) is 2.35. The van der Waals surface area contributed by atoms with Gasteiger partial charge in [0, 0.05) is 13.6 Å². The van der Waals surface area contributed by atoms with Gasteiger partial charge in [-0.2, -0.15) is 0 Å². The molecule has 7 heteroatoms. The van der Waals surface area contributed by atoms with Crippen molar-refractivity contribution in [1.82, 2.24) is 9.55 Å². The summed E-state index contributed by atoms with van der Waals surface area (Å²) in [4.78, 5) is 28.5. The molecule has 0 spiro atoms. The van der Waals surface area contributed by atoms with Crippen LogP contribution in [0.3, 0.4) is 0 Å². The smallest absolute Gasteiger partial charge is 0.329 e. The lowest BCUT2D eigenvalue weighted by Crippen LogP contribution is -2.39. The van der Waals surface area contributed by atoms with Crippen molar-refractivity contribution >= 4 is 22.9 Å². The molecule has 2 aromatic rings. The molecule has 4 N–H and O–H groups in total. The van der Waals surface area contributed by atoms with Gasteiger partial charge >= 0.3 is 5.69 Å². The molecule has 20 heavy (non-hydrogen) atoms. The Kier molecular flexibility index (Phi) is 3.37. The maximum Gasteiger partial charge on any atom is 0.329 e. The molecule has 0 fully saturated rings. The minimum Gasteiger partial charge on any atom is -0.412 e. The quantitative estimate of drug-likeness (QED) is 0.790. The van der Waals surface area contributed by atoms with E-state index in [9.17, 15) is 9.59 Å². The third-order valence-corrected chi connectivity index (χ3v) is 3.32. The minimum atomic E-state index is -0.424. The van der Waals surface area contributed by atoms with E-state index < -0.39 is 5.69 Å². The van der Waals surface area contributed by atoms with Crippen molar-refractivity contribution in [2.75, 3.05) is 16.8 Å².